The van der Waals surface area contributed by atoms with Gasteiger partial charge in [0.05, 0.1) is 0 Å². The fourth-order valence-electron chi connectivity index (χ4n) is 2.71. The highest BCUT2D eigenvalue weighted by atomic mass is 35.5. The number of rotatable bonds is 2. The number of piperidine rings is 1. The molecule has 7 heteroatoms. The molecule has 1 aromatic rings. The Morgan fingerprint density at radius 3 is 2.43 bits per heavy atom. The maximum Gasteiger partial charge on any atom is 0.254 e. The van der Waals surface area contributed by atoms with Gasteiger partial charge in [-0.15, -0.1) is 12.4 Å². The second-order valence-electron chi connectivity index (χ2n) is 5.17. The third-order valence-corrected chi connectivity index (χ3v) is 3.85. The van der Waals surface area contributed by atoms with Gasteiger partial charge in [-0.2, -0.15) is 0 Å². The van der Waals surface area contributed by atoms with Gasteiger partial charge in [0.2, 0.25) is 0 Å². The van der Waals surface area contributed by atoms with Crippen LogP contribution in [0.3, 0.4) is 0 Å². The van der Waals surface area contributed by atoms with Crippen LogP contribution in [0.2, 0.25) is 0 Å². The van der Waals surface area contributed by atoms with Crippen molar-refractivity contribution in [2.24, 2.45) is 11.7 Å². The van der Waals surface area contributed by atoms with Crippen LogP contribution in [-0.2, 0) is 0 Å². The number of nitrogens with two attached hydrogens (primary N) is 1. The van der Waals surface area contributed by atoms with Crippen LogP contribution in [0.25, 0.3) is 0 Å². The maximum atomic E-state index is 13.2. The third kappa shape index (κ3) is 3.49. The first-order valence-corrected chi connectivity index (χ1v) is 6.61. The first-order valence-electron chi connectivity index (χ1n) is 6.61. The van der Waals surface area contributed by atoms with Gasteiger partial charge in [0.25, 0.3) is 5.91 Å². The summed E-state index contributed by atoms with van der Waals surface area (Å²) in [6.07, 6.45) is 1.77. The lowest BCUT2D eigenvalue weighted by Crippen LogP contribution is -2.51. The Kier molecular flexibility index (Phi) is 6.04. The molecule has 0 radical (unpaired) electrons. The monoisotopic (exact) mass is 322 g/mol. The summed E-state index contributed by atoms with van der Waals surface area (Å²) in [5.74, 6) is -4.56. The standard InChI is InChI=1S/C14H17F3N2O.ClH/c1-8-3-2-4-19(12(8)7-18)14(20)9-5-10(15)13(17)11(16)6-9;/h5-6,8,12H,2-4,7,18H2,1H3;1H. The molecule has 0 saturated carbocycles. The zero-order valence-electron chi connectivity index (χ0n) is 11.6. The summed E-state index contributed by atoms with van der Waals surface area (Å²) in [7, 11) is 0. The van der Waals surface area contributed by atoms with Gasteiger partial charge in [0, 0.05) is 24.7 Å². The Morgan fingerprint density at radius 1 is 1.33 bits per heavy atom. The number of halogens is 4. The minimum atomic E-state index is -1.57. The molecule has 1 aromatic carbocycles. The van der Waals surface area contributed by atoms with Crippen LogP contribution in [0.5, 0.6) is 0 Å². The van der Waals surface area contributed by atoms with E-state index in [1.54, 1.807) is 0 Å². The van der Waals surface area contributed by atoms with E-state index in [0.29, 0.717) is 13.1 Å². The predicted molar refractivity (Wildman–Crippen MR) is 75.8 cm³/mol. The van der Waals surface area contributed by atoms with E-state index in [1.165, 1.54) is 4.90 Å². The van der Waals surface area contributed by atoms with Crippen LogP contribution in [-0.4, -0.2) is 29.9 Å². The number of hydrogen-bond acceptors (Lipinski definition) is 2. The fourth-order valence-corrected chi connectivity index (χ4v) is 2.71. The summed E-state index contributed by atoms with van der Waals surface area (Å²) in [6, 6.07) is 1.30. The molecule has 1 heterocycles. The molecule has 0 aliphatic carbocycles. The summed E-state index contributed by atoms with van der Waals surface area (Å²) < 4.78 is 39.4. The molecule has 2 N–H and O–H groups in total. The number of carbonyl (C=O) groups is 1. The molecule has 118 valence electrons. The quantitative estimate of drug-likeness (QED) is 0.851. The molecule has 0 aromatic heterocycles. The van der Waals surface area contributed by atoms with E-state index in [9.17, 15) is 18.0 Å². The highest BCUT2D eigenvalue weighted by Gasteiger charge is 2.32. The van der Waals surface area contributed by atoms with Crippen molar-refractivity contribution >= 4 is 18.3 Å². The van der Waals surface area contributed by atoms with Gasteiger partial charge in [0.15, 0.2) is 17.5 Å². The van der Waals surface area contributed by atoms with Crippen LogP contribution in [0.1, 0.15) is 30.1 Å². The second kappa shape index (κ2) is 7.13. The molecule has 1 saturated heterocycles. The van der Waals surface area contributed by atoms with Crippen molar-refractivity contribution in [1.29, 1.82) is 0 Å². The number of carbonyl (C=O) groups excluding carboxylic acids is 1. The summed E-state index contributed by atoms with van der Waals surface area (Å²) in [5.41, 5.74) is 5.50. The van der Waals surface area contributed by atoms with Crippen LogP contribution >= 0.6 is 12.4 Å². The Morgan fingerprint density at radius 2 is 1.90 bits per heavy atom. The molecular weight excluding hydrogens is 305 g/mol. The molecule has 0 spiro atoms. The van der Waals surface area contributed by atoms with E-state index >= 15 is 0 Å². The molecule has 3 nitrogen and oxygen atoms in total. The van der Waals surface area contributed by atoms with Crippen molar-refractivity contribution in [3.8, 4) is 0 Å². The first kappa shape index (κ1) is 17.8. The van der Waals surface area contributed by atoms with Gasteiger partial charge in [-0.1, -0.05) is 6.92 Å². The zero-order chi connectivity index (χ0) is 14.9. The van der Waals surface area contributed by atoms with Crippen LogP contribution in [0, 0.1) is 23.4 Å². The highest BCUT2D eigenvalue weighted by Crippen LogP contribution is 2.25. The third-order valence-electron chi connectivity index (χ3n) is 3.85. The van der Waals surface area contributed by atoms with Gasteiger partial charge < -0.3 is 10.6 Å². The maximum absolute atomic E-state index is 13.2. The van der Waals surface area contributed by atoms with Crippen LogP contribution < -0.4 is 5.73 Å². The Hall–Kier alpha value is -1.27. The van der Waals surface area contributed by atoms with Crippen molar-refractivity contribution in [2.45, 2.75) is 25.8 Å². The molecule has 2 atom stereocenters. The average molecular weight is 323 g/mol. The first-order chi connectivity index (χ1) is 9.45. The van der Waals surface area contributed by atoms with Crippen molar-refractivity contribution < 1.29 is 18.0 Å². The lowest BCUT2D eigenvalue weighted by molar-refractivity contribution is 0.0531. The van der Waals surface area contributed by atoms with Gasteiger partial charge in [-0.3, -0.25) is 4.79 Å². The largest absolute Gasteiger partial charge is 0.334 e. The average Bonchev–Trinajstić information content (AvgIpc) is 2.43. The van der Waals surface area contributed by atoms with Gasteiger partial charge >= 0.3 is 0 Å². The van der Waals surface area contributed by atoms with Gasteiger partial charge in [-0.05, 0) is 30.9 Å². The smallest absolute Gasteiger partial charge is 0.254 e. The normalized spacial score (nSPS) is 21.9. The minimum absolute atomic E-state index is 0. The van der Waals surface area contributed by atoms with Crippen molar-refractivity contribution in [2.75, 3.05) is 13.1 Å². The van der Waals surface area contributed by atoms with Crippen molar-refractivity contribution in [1.82, 2.24) is 4.90 Å². The molecular formula is C14H18ClF3N2O. The summed E-state index contributed by atoms with van der Waals surface area (Å²) in [6.45, 7) is 2.77. The van der Waals surface area contributed by atoms with Crippen molar-refractivity contribution in [3.63, 3.8) is 0 Å². The van der Waals surface area contributed by atoms with Gasteiger partial charge in [-0.25, -0.2) is 13.2 Å². The number of amides is 1. The fraction of sp³-hybridized carbons (Fsp3) is 0.500. The Bertz CT molecular complexity index is 504. The summed E-state index contributed by atoms with van der Waals surface area (Å²) in [4.78, 5) is 13.9. The van der Waals surface area contributed by atoms with E-state index in [1.807, 2.05) is 6.92 Å². The van der Waals surface area contributed by atoms with E-state index < -0.39 is 23.4 Å². The summed E-state index contributed by atoms with van der Waals surface area (Å²) in [5, 5.41) is 0. The number of nitrogens with zero attached hydrogens (tertiary/aromatic N) is 1. The minimum Gasteiger partial charge on any atom is -0.334 e. The molecule has 1 aliphatic heterocycles. The van der Waals surface area contributed by atoms with Crippen LogP contribution in [0.15, 0.2) is 12.1 Å². The molecule has 0 bridgehead atoms. The van der Waals surface area contributed by atoms with E-state index in [-0.39, 0.29) is 29.9 Å². The van der Waals surface area contributed by atoms with Crippen LogP contribution in [0.4, 0.5) is 13.2 Å². The number of benzene rings is 1. The molecule has 2 unspecified atom stereocenters. The predicted octanol–water partition coefficient (Wildman–Crippen LogP) is 2.73. The lowest BCUT2D eigenvalue weighted by atomic mass is 9.90. The molecule has 1 fully saturated rings. The molecule has 1 aliphatic rings. The second-order valence-corrected chi connectivity index (χ2v) is 5.17. The number of likely N-dealkylation sites (tertiary alicyclic amines) is 1. The van der Waals surface area contributed by atoms with E-state index in [2.05, 4.69) is 0 Å². The SMILES string of the molecule is CC1CCCN(C(=O)c2cc(F)c(F)c(F)c2)C1CN.Cl. The van der Waals surface area contributed by atoms with Gasteiger partial charge in [0.1, 0.15) is 0 Å². The Labute approximate surface area is 127 Å². The molecule has 2 rings (SSSR count). The zero-order valence-corrected chi connectivity index (χ0v) is 12.4. The van der Waals surface area contributed by atoms with E-state index in [4.69, 9.17) is 5.73 Å². The lowest BCUT2D eigenvalue weighted by Gasteiger charge is -2.39. The highest BCUT2D eigenvalue weighted by molar-refractivity contribution is 5.94. The Balaban J connectivity index is 0.00000220. The topological polar surface area (TPSA) is 46.3 Å². The van der Waals surface area contributed by atoms with E-state index in [0.717, 1.165) is 25.0 Å². The molecule has 21 heavy (non-hydrogen) atoms. The number of hydrogen-bond donors (Lipinski definition) is 1. The summed E-state index contributed by atoms with van der Waals surface area (Å²) >= 11 is 0. The molecule has 1 amide bonds. The van der Waals surface area contributed by atoms with Crippen molar-refractivity contribution in [3.05, 3.63) is 35.1 Å².